The van der Waals surface area contributed by atoms with Gasteiger partial charge in [0.2, 0.25) is 0 Å². The van der Waals surface area contributed by atoms with Crippen LogP contribution in [0.4, 0.5) is 5.69 Å². The molecular weight excluding hydrogens is 460 g/mol. The SMILES string of the molecule is CCOc1ccc(N2C(=O)/C(=C/c3ccccc3OCC(=O)OC)N(CC(=O)OC)C2=S)cc1. The third-order valence-electron chi connectivity index (χ3n) is 4.84. The predicted molar refractivity (Wildman–Crippen MR) is 128 cm³/mol. The molecule has 0 radical (unpaired) electrons. The average molecular weight is 485 g/mol. The standard InChI is InChI=1S/C24H24N2O7S/c1-4-32-18-11-9-17(10-12-18)26-23(29)19(25(24(26)34)14-21(27)30-2)13-16-7-5-6-8-20(16)33-15-22(28)31-3/h5-13H,4,14-15H2,1-3H3/b19-13-. The minimum Gasteiger partial charge on any atom is -0.494 e. The molecule has 0 aromatic heterocycles. The second kappa shape index (κ2) is 11.3. The Bertz CT molecular complexity index is 1110. The van der Waals surface area contributed by atoms with Crippen LogP contribution in [0.1, 0.15) is 12.5 Å². The predicted octanol–water partition coefficient (Wildman–Crippen LogP) is 2.78. The number of nitrogens with zero attached hydrogens (tertiary/aromatic N) is 2. The highest BCUT2D eigenvalue weighted by molar-refractivity contribution is 7.80. The quantitative estimate of drug-likeness (QED) is 0.302. The summed E-state index contributed by atoms with van der Waals surface area (Å²) in [6.45, 7) is 1.83. The number of hydrogen-bond acceptors (Lipinski definition) is 8. The number of hydrogen-bond donors (Lipinski definition) is 0. The minimum atomic E-state index is -0.565. The summed E-state index contributed by atoms with van der Waals surface area (Å²) in [5.41, 5.74) is 1.19. The van der Waals surface area contributed by atoms with Crippen LogP contribution < -0.4 is 14.4 Å². The van der Waals surface area contributed by atoms with Gasteiger partial charge in [0.15, 0.2) is 11.7 Å². The van der Waals surface area contributed by atoms with Crippen LogP contribution in [0.3, 0.4) is 0 Å². The first-order valence-electron chi connectivity index (χ1n) is 10.4. The van der Waals surface area contributed by atoms with Crippen molar-refractivity contribution in [2.24, 2.45) is 0 Å². The van der Waals surface area contributed by atoms with E-state index < -0.39 is 17.8 Å². The molecular formula is C24H24N2O7S. The normalized spacial score (nSPS) is 14.4. The molecule has 2 aromatic carbocycles. The molecule has 0 spiro atoms. The van der Waals surface area contributed by atoms with Crippen molar-refractivity contribution in [2.75, 3.05) is 38.9 Å². The number of esters is 2. The number of methoxy groups -OCH3 is 2. The van der Waals surface area contributed by atoms with Gasteiger partial charge in [-0.2, -0.15) is 0 Å². The first kappa shape index (κ1) is 24.7. The summed E-state index contributed by atoms with van der Waals surface area (Å²) in [6.07, 6.45) is 1.55. The molecule has 0 atom stereocenters. The van der Waals surface area contributed by atoms with E-state index in [0.29, 0.717) is 29.4 Å². The fourth-order valence-corrected chi connectivity index (χ4v) is 3.54. The molecule has 1 amide bonds. The van der Waals surface area contributed by atoms with Gasteiger partial charge in [0.1, 0.15) is 23.7 Å². The lowest BCUT2D eigenvalue weighted by molar-refractivity contribution is -0.143. The van der Waals surface area contributed by atoms with Crippen LogP contribution in [-0.2, 0) is 23.9 Å². The second-order valence-corrected chi connectivity index (χ2v) is 7.31. The number of thiocarbonyl (C=S) groups is 1. The van der Waals surface area contributed by atoms with E-state index in [-0.39, 0.29) is 24.0 Å². The number of carbonyl (C=O) groups excluding carboxylic acids is 3. The Labute approximate surface area is 202 Å². The lowest BCUT2D eigenvalue weighted by atomic mass is 10.1. The third kappa shape index (κ3) is 5.52. The van der Waals surface area contributed by atoms with E-state index in [1.165, 1.54) is 24.0 Å². The van der Waals surface area contributed by atoms with E-state index in [1.807, 2.05) is 6.92 Å². The van der Waals surface area contributed by atoms with E-state index in [0.717, 1.165) is 0 Å². The zero-order chi connectivity index (χ0) is 24.7. The van der Waals surface area contributed by atoms with Crippen molar-refractivity contribution in [3.05, 3.63) is 59.8 Å². The Hall–Kier alpha value is -3.92. The molecule has 0 aliphatic carbocycles. The molecule has 1 saturated heterocycles. The zero-order valence-electron chi connectivity index (χ0n) is 19.0. The molecule has 1 heterocycles. The maximum absolute atomic E-state index is 13.5. The molecule has 0 N–H and O–H groups in total. The number of rotatable bonds is 9. The van der Waals surface area contributed by atoms with Crippen molar-refractivity contribution >= 4 is 46.9 Å². The van der Waals surface area contributed by atoms with Crippen LogP contribution in [0.5, 0.6) is 11.5 Å². The van der Waals surface area contributed by atoms with Gasteiger partial charge >= 0.3 is 11.9 Å². The van der Waals surface area contributed by atoms with E-state index in [9.17, 15) is 14.4 Å². The van der Waals surface area contributed by atoms with Gasteiger partial charge in [-0.1, -0.05) is 18.2 Å². The Morgan fingerprint density at radius 3 is 2.29 bits per heavy atom. The number of carbonyl (C=O) groups is 3. The number of ether oxygens (including phenoxy) is 4. The van der Waals surface area contributed by atoms with Crippen LogP contribution in [0.15, 0.2) is 54.2 Å². The highest BCUT2D eigenvalue weighted by Gasteiger charge is 2.40. The lowest BCUT2D eigenvalue weighted by Crippen LogP contribution is -2.35. The third-order valence-corrected chi connectivity index (χ3v) is 5.24. The molecule has 10 heteroatoms. The Kier molecular flexibility index (Phi) is 8.20. The molecule has 0 bridgehead atoms. The molecule has 1 aliphatic heterocycles. The van der Waals surface area contributed by atoms with Crippen LogP contribution >= 0.6 is 12.2 Å². The zero-order valence-corrected chi connectivity index (χ0v) is 19.8. The van der Waals surface area contributed by atoms with Crippen molar-refractivity contribution in [3.63, 3.8) is 0 Å². The van der Waals surface area contributed by atoms with E-state index in [4.69, 9.17) is 26.4 Å². The van der Waals surface area contributed by atoms with Gasteiger partial charge in [0, 0.05) is 5.56 Å². The monoisotopic (exact) mass is 484 g/mol. The molecule has 0 unspecified atom stereocenters. The topological polar surface area (TPSA) is 94.6 Å². The van der Waals surface area contributed by atoms with Crippen LogP contribution in [0.25, 0.3) is 6.08 Å². The number of benzene rings is 2. The van der Waals surface area contributed by atoms with Crippen molar-refractivity contribution in [3.8, 4) is 11.5 Å². The fraction of sp³-hybridized carbons (Fsp3) is 0.250. The van der Waals surface area contributed by atoms with E-state index in [1.54, 1.807) is 54.6 Å². The van der Waals surface area contributed by atoms with Gasteiger partial charge in [-0.3, -0.25) is 14.5 Å². The first-order chi connectivity index (χ1) is 16.4. The van der Waals surface area contributed by atoms with E-state index >= 15 is 0 Å². The summed E-state index contributed by atoms with van der Waals surface area (Å²) in [7, 11) is 2.52. The Morgan fingerprint density at radius 2 is 1.65 bits per heavy atom. The van der Waals surface area contributed by atoms with Gasteiger partial charge < -0.3 is 23.8 Å². The highest BCUT2D eigenvalue weighted by Crippen LogP contribution is 2.32. The fourth-order valence-electron chi connectivity index (χ4n) is 3.19. The lowest BCUT2D eigenvalue weighted by Gasteiger charge is -2.19. The minimum absolute atomic E-state index is 0.124. The summed E-state index contributed by atoms with van der Waals surface area (Å²) < 4.78 is 20.4. The van der Waals surface area contributed by atoms with Gasteiger partial charge in [0.05, 0.1) is 26.5 Å². The van der Waals surface area contributed by atoms with Crippen molar-refractivity contribution in [1.29, 1.82) is 0 Å². The maximum atomic E-state index is 13.5. The van der Waals surface area contributed by atoms with Gasteiger partial charge in [-0.05, 0) is 55.5 Å². The number of anilines is 1. The number of amides is 1. The van der Waals surface area contributed by atoms with Crippen molar-refractivity contribution < 1.29 is 33.3 Å². The van der Waals surface area contributed by atoms with Gasteiger partial charge in [0.25, 0.3) is 5.91 Å². The summed E-state index contributed by atoms with van der Waals surface area (Å²) in [5, 5.41) is 0.124. The molecule has 0 saturated carbocycles. The Balaban J connectivity index is 1.99. The summed E-state index contributed by atoms with van der Waals surface area (Å²) in [5.74, 6) is -0.528. The van der Waals surface area contributed by atoms with Crippen LogP contribution in [0, 0.1) is 0 Å². The summed E-state index contributed by atoms with van der Waals surface area (Å²) in [6, 6.07) is 13.7. The van der Waals surface area contributed by atoms with Crippen LogP contribution in [0.2, 0.25) is 0 Å². The average Bonchev–Trinajstić information content (AvgIpc) is 3.07. The largest absolute Gasteiger partial charge is 0.494 e. The second-order valence-electron chi connectivity index (χ2n) is 6.94. The van der Waals surface area contributed by atoms with Gasteiger partial charge in [-0.15, -0.1) is 0 Å². The molecule has 178 valence electrons. The molecule has 1 aliphatic rings. The molecule has 3 rings (SSSR count). The smallest absolute Gasteiger partial charge is 0.343 e. The summed E-state index contributed by atoms with van der Waals surface area (Å²) in [4.78, 5) is 39.8. The summed E-state index contributed by atoms with van der Waals surface area (Å²) >= 11 is 5.56. The molecule has 2 aromatic rings. The Morgan fingerprint density at radius 1 is 0.971 bits per heavy atom. The van der Waals surface area contributed by atoms with Crippen molar-refractivity contribution in [2.45, 2.75) is 6.92 Å². The van der Waals surface area contributed by atoms with E-state index in [2.05, 4.69) is 4.74 Å². The first-order valence-corrected chi connectivity index (χ1v) is 10.8. The van der Waals surface area contributed by atoms with Gasteiger partial charge in [-0.25, -0.2) is 4.79 Å². The number of para-hydroxylation sites is 1. The molecule has 34 heavy (non-hydrogen) atoms. The molecule has 1 fully saturated rings. The maximum Gasteiger partial charge on any atom is 0.343 e. The van der Waals surface area contributed by atoms with Crippen molar-refractivity contribution in [1.82, 2.24) is 4.90 Å². The highest BCUT2D eigenvalue weighted by atomic mass is 32.1. The molecule has 9 nitrogen and oxygen atoms in total. The van der Waals surface area contributed by atoms with Crippen LogP contribution in [-0.4, -0.2) is 61.8 Å².